The average molecular weight is 477 g/mol. The van der Waals surface area contributed by atoms with Gasteiger partial charge >= 0.3 is 6.03 Å². The van der Waals surface area contributed by atoms with Gasteiger partial charge in [-0.1, -0.05) is 30.3 Å². The summed E-state index contributed by atoms with van der Waals surface area (Å²) < 4.78 is 19.1. The fraction of sp³-hybridized carbons (Fsp3) is 0.192. The summed E-state index contributed by atoms with van der Waals surface area (Å²) in [6, 6.07) is 19.2. The van der Waals surface area contributed by atoms with Gasteiger partial charge in [-0.25, -0.2) is 9.18 Å². The number of halogens is 1. The molecule has 0 aliphatic carbocycles. The van der Waals surface area contributed by atoms with Crippen LogP contribution in [0.3, 0.4) is 0 Å². The van der Waals surface area contributed by atoms with Crippen molar-refractivity contribution in [2.24, 2.45) is 5.73 Å². The quantitative estimate of drug-likeness (QED) is 0.568. The number of nitrogens with zero attached hydrogens (tertiary/aromatic N) is 2. The first-order valence-corrected chi connectivity index (χ1v) is 11.1. The van der Waals surface area contributed by atoms with Gasteiger partial charge in [0.15, 0.2) is 0 Å². The van der Waals surface area contributed by atoms with Crippen molar-refractivity contribution in [2.45, 2.75) is 6.61 Å². The largest absolute Gasteiger partial charge is 0.488 e. The van der Waals surface area contributed by atoms with Crippen molar-refractivity contribution in [1.82, 2.24) is 9.80 Å². The highest BCUT2D eigenvalue weighted by molar-refractivity contribution is 5.96. The Kier molecular flexibility index (Phi) is 7.25. The number of ether oxygens (including phenoxy) is 1. The number of para-hydroxylation sites is 1. The van der Waals surface area contributed by atoms with Crippen LogP contribution in [0.15, 0.2) is 72.8 Å². The number of hydrogen-bond donors (Lipinski definition) is 2. The minimum Gasteiger partial charge on any atom is -0.488 e. The zero-order valence-corrected chi connectivity index (χ0v) is 18.9. The first kappa shape index (κ1) is 23.7. The molecule has 0 atom stereocenters. The van der Waals surface area contributed by atoms with Crippen molar-refractivity contribution in [3.63, 3.8) is 0 Å². The fourth-order valence-electron chi connectivity index (χ4n) is 3.82. The van der Waals surface area contributed by atoms with Gasteiger partial charge in [0.25, 0.3) is 11.8 Å². The van der Waals surface area contributed by atoms with Gasteiger partial charge in [0, 0.05) is 37.4 Å². The molecule has 0 aromatic heterocycles. The summed E-state index contributed by atoms with van der Waals surface area (Å²) in [4.78, 5) is 40.4. The molecule has 3 aromatic rings. The van der Waals surface area contributed by atoms with E-state index in [1.54, 1.807) is 58.3 Å². The molecule has 0 unspecified atom stereocenters. The van der Waals surface area contributed by atoms with Gasteiger partial charge in [-0.3, -0.25) is 9.59 Å². The third-order valence-corrected chi connectivity index (χ3v) is 5.65. The van der Waals surface area contributed by atoms with E-state index in [2.05, 4.69) is 5.32 Å². The van der Waals surface area contributed by atoms with Crippen LogP contribution in [-0.2, 0) is 6.61 Å². The second-order valence-electron chi connectivity index (χ2n) is 8.07. The number of nitrogens with one attached hydrogen (secondary N) is 1. The van der Waals surface area contributed by atoms with Crippen molar-refractivity contribution in [2.75, 3.05) is 31.5 Å². The lowest BCUT2D eigenvalue weighted by Crippen LogP contribution is -2.51. The maximum Gasteiger partial charge on any atom is 0.321 e. The van der Waals surface area contributed by atoms with E-state index in [4.69, 9.17) is 10.5 Å². The summed E-state index contributed by atoms with van der Waals surface area (Å²) in [6.45, 7) is 1.64. The van der Waals surface area contributed by atoms with Crippen molar-refractivity contribution >= 4 is 23.5 Å². The third-order valence-electron chi connectivity index (χ3n) is 5.65. The number of piperazine rings is 1. The third kappa shape index (κ3) is 5.94. The Morgan fingerprint density at radius 2 is 1.60 bits per heavy atom. The second kappa shape index (κ2) is 10.7. The Morgan fingerprint density at radius 3 is 2.34 bits per heavy atom. The molecule has 180 valence electrons. The maximum atomic E-state index is 13.3. The maximum absolute atomic E-state index is 13.3. The lowest BCUT2D eigenvalue weighted by atomic mass is 10.1. The van der Waals surface area contributed by atoms with Crippen LogP contribution in [0.1, 0.15) is 26.3 Å². The Morgan fingerprint density at radius 1 is 0.886 bits per heavy atom. The average Bonchev–Trinajstić information content (AvgIpc) is 2.87. The molecular weight excluding hydrogens is 451 g/mol. The number of anilines is 1. The number of hydrogen-bond acceptors (Lipinski definition) is 4. The van der Waals surface area contributed by atoms with Crippen molar-refractivity contribution < 1.29 is 23.5 Å². The molecule has 1 saturated heterocycles. The van der Waals surface area contributed by atoms with Crippen LogP contribution in [0.4, 0.5) is 14.9 Å². The molecule has 0 bridgehead atoms. The molecule has 35 heavy (non-hydrogen) atoms. The number of urea groups is 1. The summed E-state index contributed by atoms with van der Waals surface area (Å²) in [6.07, 6.45) is 0. The second-order valence-corrected chi connectivity index (χ2v) is 8.07. The summed E-state index contributed by atoms with van der Waals surface area (Å²) in [5, 5.41) is 2.67. The lowest BCUT2D eigenvalue weighted by molar-refractivity contribution is 0.0671. The Labute approximate surface area is 202 Å². The van der Waals surface area contributed by atoms with Gasteiger partial charge in [-0.05, 0) is 48.0 Å². The fourth-order valence-corrected chi connectivity index (χ4v) is 3.82. The predicted octanol–water partition coefficient (Wildman–Crippen LogP) is 3.49. The van der Waals surface area contributed by atoms with Crippen LogP contribution in [0.5, 0.6) is 5.75 Å². The number of benzene rings is 3. The topological polar surface area (TPSA) is 105 Å². The number of primary amides is 1. The van der Waals surface area contributed by atoms with Crippen LogP contribution in [-0.4, -0.2) is 53.8 Å². The minimum atomic E-state index is -0.576. The van der Waals surface area contributed by atoms with Crippen LogP contribution in [0.25, 0.3) is 0 Å². The zero-order valence-electron chi connectivity index (χ0n) is 18.9. The number of amides is 4. The molecule has 4 amide bonds. The van der Waals surface area contributed by atoms with E-state index in [0.717, 1.165) is 5.56 Å². The van der Waals surface area contributed by atoms with Crippen LogP contribution < -0.4 is 15.8 Å². The molecule has 1 aliphatic heterocycles. The molecule has 3 aromatic carbocycles. The van der Waals surface area contributed by atoms with E-state index in [1.165, 1.54) is 18.2 Å². The highest BCUT2D eigenvalue weighted by Gasteiger charge is 2.25. The molecular formula is C26H25FN4O4. The van der Waals surface area contributed by atoms with Crippen LogP contribution in [0, 0.1) is 5.82 Å². The SMILES string of the molecule is NC(=O)c1ccccc1OCc1cccc(C(=O)N2CCN(C(=O)Nc3cccc(F)c3)CC2)c1. The highest BCUT2D eigenvalue weighted by Crippen LogP contribution is 2.20. The van der Waals surface area contributed by atoms with E-state index in [-0.39, 0.29) is 18.5 Å². The van der Waals surface area contributed by atoms with Crippen molar-refractivity contribution in [1.29, 1.82) is 0 Å². The van der Waals surface area contributed by atoms with Gasteiger partial charge in [0.2, 0.25) is 0 Å². The molecule has 1 aliphatic rings. The Hall–Kier alpha value is -4.40. The van der Waals surface area contributed by atoms with Crippen LogP contribution in [0.2, 0.25) is 0 Å². The van der Waals surface area contributed by atoms with E-state index in [0.29, 0.717) is 48.7 Å². The predicted molar refractivity (Wildman–Crippen MR) is 129 cm³/mol. The van der Waals surface area contributed by atoms with Gasteiger partial charge in [-0.15, -0.1) is 0 Å². The molecule has 8 nitrogen and oxygen atoms in total. The molecule has 1 fully saturated rings. The lowest BCUT2D eigenvalue weighted by Gasteiger charge is -2.34. The van der Waals surface area contributed by atoms with E-state index in [9.17, 15) is 18.8 Å². The molecule has 0 spiro atoms. The highest BCUT2D eigenvalue weighted by atomic mass is 19.1. The number of nitrogens with two attached hydrogens (primary N) is 1. The van der Waals surface area contributed by atoms with Gasteiger partial charge in [0.1, 0.15) is 18.2 Å². The number of carbonyl (C=O) groups is 3. The van der Waals surface area contributed by atoms with Crippen molar-refractivity contribution in [3.8, 4) is 5.75 Å². The Bertz CT molecular complexity index is 1240. The minimum absolute atomic E-state index is 0.144. The number of carbonyl (C=O) groups excluding carboxylic acids is 3. The monoisotopic (exact) mass is 476 g/mol. The first-order chi connectivity index (χ1) is 16.9. The summed E-state index contributed by atoms with van der Waals surface area (Å²) in [5.74, 6) is -0.768. The van der Waals surface area contributed by atoms with Gasteiger partial charge in [0.05, 0.1) is 5.56 Å². The molecule has 9 heteroatoms. The normalized spacial score (nSPS) is 13.3. The summed E-state index contributed by atoms with van der Waals surface area (Å²) in [5.41, 5.74) is 7.33. The molecule has 1 heterocycles. The van der Waals surface area contributed by atoms with E-state index in [1.807, 2.05) is 6.07 Å². The van der Waals surface area contributed by atoms with Gasteiger partial charge < -0.3 is 25.6 Å². The smallest absolute Gasteiger partial charge is 0.321 e. The summed E-state index contributed by atoms with van der Waals surface area (Å²) in [7, 11) is 0. The van der Waals surface area contributed by atoms with E-state index < -0.39 is 11.7 Å². The van der Waals surface area contributed by atoms with Gasteiger partial charge in [-0.2, -0.15) is 0 Å². The van der Waals surface area contributed by atoms with E-state index >= 15 is 0 Å². The molecule has 4 rings (SSSR count). The zero-order chi connectivity index (χ0) is 24.8. The standard InChI is InChI=1S/C26H25FN4O4/c27-20-7-4-8-21(16-20)29-26(34)31-13-11-30(12-14-31)25(33)19-6-3-5-18(15-19)17-35-23-10-2-1-9-22(23)24(28)32/h1-10,15-16H,11-14,17H2,(H2,28,32)(H,29,34). The molecule has 0 radical (unpaired) electrons. The number of rotatable bonds is 6. The van der Waals surface area contributed by atoms with Crippen LogP contribution >= 0.6 is 0 Å². The molecule has 3 N–H and O–H groups in total. The van der Waals surface area contributed by atoms with Crippen molar-refractivity contribution in [3.05, 3.63) is 95.3 Å². The Balaban J connectivity index is 1.33. The summed E-state index contributed by atoms with van der Waals surface area (Å²) >= 11 is 0. The molecule has 0 saturated carbocycles. The first-order valence-electron chi connectivity index (χ1n) is 11.1.